The number of carboxylic acids is 1. The van der Waals surface area contributed by atoms with Crippen LogP contribution in [0.5, 0.6) is 5.75 Å². The van der Waals surface area contributed by atoms with Gasteiger partial charge >= 0.3 is 5.97 Å². The van der Waals surface area contributed by atoms with Gasteiger partial charge in [0.25, 0.3) is 0 Å². The van der Waals surface area contributed by atoms with Gasteiger partial charge in [-0.05, 0) is 17.5 Å². The molecule has 1 aromatic rings. The summed E-state index contributed by atoms with van der Waals surface area (Å²) in [6.07, 6.45) is 1.29. The van der Waals surface area contributed by atoms with Gasteiger partial charge in [0.1, 0.15) is 5.75 Å². The fourth-order valence-corrected chi connectivity index (χ4v) is 2.83. The molecule has 1 N–H and O–H groups in total. The van der Waals surface area contributed by atoms with Gasteiger partial charge in [-0.15, -0.1) is 0 Å². The summed E-state index contributed by atoms with van der Waals surface area (Å²) in [6, 6.07) is 3.90. The summed E-state index contributed by atoms with van der Waals surface area (Å²) in [5.74, 6) is -0.790. The molecule has 0 aliphatic carbocycles. The number of rotatable bonds is 1. The van der Waals surface area contributed by atoms with E-state index >= 15 is 0 Å². The van der Waals surface area contributed by atoms with Crippen LogP contribution in [0.2, 0.25) is 0 Å². The fraction of sp³-hybridized carbons (Fsp3) is 0.429. The van der Waals surface area contributed by atoms with Gasteiger partial charge in [-0.1, -0.05) is 12.1 Å². The number of anilines is 1. The highest BCUT2D eigenvalue weighted by Gasteiger charge is 2.35. The Kier molecular flexibility index (Phi) is 2.69. The third kappa shape index (κ3) is 1.85. The molecule has 2 heterocycles. The average molecular weight is 261 g/mol. The number of carboxylic acid groups (broad SMARTS) is 1. The molecule has 2 aliphatic heterocycles. The summed E-state index contributed by atoms with van der Waals surface area (Å²) in [7, 11) is 0. The lowest BCUT2D eigenvalue weighted by molar-refractivity contribution is -0.141. The van der Waals surface area contributed by atoms with Gasteiger partial charge in [0.05, 0.1) is 18.2 Å². The molecule has 0 saturated heterocycles. The fourth-order valence-electron chi connectivity index (χ4n) is 2.83. The van der Waals surface area contributed by atoms with Gasteiger partial charge in [-0.2, -0.15) is 0 Å². The van der Waals surface area contributed by atoms with Crippen LogP contribution in [-0.2, 0) is 22.4 Å². The highest BCUT2D eigenvalue weighted by Crippen LogP contribution is 2.42. The van der Waals surface area contributed by atoms with Crippen molar-refractivity contribution in [3.05, 3.63) is 23.3 Å². The Morgan fingerprint density at radius 3 is 2.79 bits per heavy atom. The Bertz CT molecular complexity index is 567. The predicted octanol–water partition coefficient (Wildman–Crippen LogP) is 1.23. The van der Waals surface area contributed by atoms with Gasteiger partial charge in [0.2, 0.25) is 5.91 Å². The number of carbonyl (C=O) groups is 2. The zero-order valence-corrected chi connectivity index (χ0v) is 10.7. The first-order valence-electron chi connectivity index (χ1n) is 6.36. The molecule has 100 valence electrons. The van der Waals surface area contributed by atoms with Gasteiger partial charge in [-0.3, -0.25) is 9.59 Å². The first kappa shape index (κ1) is 12.0. The van der Waals surface area contributed by atoms with Gasteiger partial charge in [0.15, 0.2) is 0 Å². The van der Waals surface area contributed by atoms with Crippen molar-refractivity contribution >= 4 is 17.6 Å². The summed E-state index contributed by atoms with van der Waals surface area (Å²) in [5.41, 5.74) is 2.76. The maximum absolute atomic E-state index is 11.8. The molecule has 2 aliphatic rings. The second kappa shape index (κ2) is 4.26. The second-order valence-corrected chi connectivity index (χ2v) is 5.03. The SMILES string of the molecule is CC(=O)N1CC(C(=O)O)Cc2ccc3c(c21)OCC3. The quantitative estimate of drug-likeness (QED) is 0.825. The minimum Gasteiger partial charge on any atom is -0.491 e. The molecule has 3 rings (SSSR count). The molecule has 1 amide bonds. The maximum atomic E-state index is 11.8. The third-order valence-electron chi connectivity index (χ3n) is 3.78. The van der Waals surface area contributed by atoms with E-state index in [0.29, 0.717) is 13.0 Å². The van der Waals surface area contributed by atoms with E-state index in [2.05, 4.69) is 0 Å². The van der Waals surface area contributed by atoms with E-state index in [1.807, 2.05) is 12.1 Å². The van der Waals surface area contributed by atoms with Gasteiger partial charge in [-0.25, -0.2) is 0 Å². The number of benzene rings is 1. The number of hydrogen-bond donors (Lipinski definition) is 1. The number of aliphatic carboxylic acids is 1. The standard InChI is InChI=1S/C14H15NO4/c1-8(16)15-7-11(14(17)18)6-10-3-2-9-4-5-19-13(9)12(10)15/h2-3,11H,4-7H2,1H3,(H,17,18). The summed E-state index contributed by atoms with van der Waals surface area (Å²) >= 11 is 0. The van der Waals surface area contributed by atoms with Crippen LogP contribution in [0.25, 0.3) is 0 Å². The van der Waals surface area contributed by atoms with Crippen LogP contribution < -0.4 is 9.64 Å². The maximum Gasteiger partial charge on any atom is 0.308 e. The molecular weight excluding hydrogens is 246 g/mol. The molecule has 5 nitrogen and oxygen atoms in total. The molecule has 0 spiro atoms. The highest BCUT2D eigenvalue weighted by atomic mass is 16.5. The van der Waals surface area contributed by atoms with Crippen molar-refractivity contribution in [2.75, 3.05) is 18.1 Å². The van der Waals surface area contributed by atoms with Crippen molar-refractivity contribution in [2.24, 2.45) is 5.92 Å². The number of ether oxygens (including phenoxy) is 1. The number of carbonyl (C=O) groups excluding carboxylic acids is 1. The lowest BCUT2D eigenvalue weighted by Crippen LogP contribution is -2.41. The summed E-state index contributed by atoms with van der Waals surface area (Å²) in [5, 5.41) is 9.19. The van der Waals surface area contributed by atoms with Crippen LogP contribution in [0, 0.1) is 5.92 Å². The number of nitrogens with zero attached hydrogens (tertiary/aromatic N) is 1. The number of fused-ring (bicyclic) bond motifs is 3. The van der Waals surface area contributed by atoms with Crippen LogP contribution in [0.4, 0.5) is 5.69 Å². The molecule has 1 unspecified atom stereocenters. The first-order valence-corrected chi connectivity index (χ1v) is 6.36. The van der Waals surface area contributed by atoms with E-state index in [1.54, 1.807) is 4.90 Å². The molecular formula is C14H15NO4. The van der Waals surface area contributed by atoms with E-state index in [4.69, 9.17) is 4.74 Å². The van der Waals surface area contributed by atoms with E-state index < -0.39 is 11.9 Å². The van der Waals surface area contributed by atoms with Crippen LogP contribution in [0.1, 0.15) is 18.1 Å². The van der Waals surface area contributed by atoms with Crippen molar-refractivity contribution < 1.29 is 19.4 Å². The van der Waals surface area contributed by atoms with Gasteiger partial charge in [0, 0.05) is 19.9 Å². The lowest BCUT2D eigenvalue weighted by Gasteiger charge is -2.33. The molecule has 0 aromatic heterocycles. The molecule has 0 fully saturated rings. The second-order valence-electron chi connectivity index (χ2n) is 5.03. The van der Waals surface area contributed by atoms with Crippen molar-refractivity contribution in [1.82, 2.24) is 0 Å². The van der Waals surface area contributed by atoms with E-state index in [0.717, 1.165) is 29.0 Å². The van der Waals surface area contributed by atoms with Crippen LogP contribution >= 0.6 is 0 Å². The van der Waals surface area contributed by atoms with E-state index in [-0.39, 0.29) is 12.5 Å². The molecule has 0 radical (unpaired) electrons. The summed E-state index contributed by atoms with van der Waals surface area (Å²) in [4.78, 5) is 24.5. The molecule has 19 heavy (non-hydrogen) atoms. The first-order chi connectivity index (χ1) is 9.08. The van der Waals surface area contributed by atoms with Crippen molar-refractivity contribution in [1.29, 1.82) is 0 Å². The van der Waals surface area contributed by atoms with Crippen molar-refractivity contribution in [2.45, 2.75) is 19.8 Å². The van der Waals surface area contributed by atoms with Crippen LogP contribution in [-0.4, -0.2) is 30.1 Å². The van der Waals surface area contributed by atoms with E-state index in [1.165, 1.54) is 6.92 Å². The normalized spacial score (nSPS) is 20.5. The minimum atomic E-state index is -0.863. The zero-order valence-electron chi connectivity index (χ0n) is 10.7. The molecule has 0 saturated carbocycles. The van der Waals surface area contributed by atoms with Crippen LogP contribution in [0.3, 0.4) is 0 Å². The summed E-state index contributed by atoms with van der Waals surface area (Å²) in [6.45, 7) is 2.31. The third-order valence-corrected chi connectivity index (χ3v) is 3.78. The Morgan fingerprint density at radius 2 is 2.11 bits per heavy atom. The zero-order chi connectivity index (χ0) is 13.6. The van der Waals surface area contributed by atoms with Crippen molar-refractivity contribution in [3.8, 4) is 5.75 Å². The van der Waals surface area contributed by atoms with Crippen LogP contribution in [0.15, 0.2) is 12.1 Å². The number of amides is 1. The Labute approximate surface area is 110 Å². The Hall–Kier alpha value is -2.04. The number of hydrogen-bond acceptors (Lipinski definition) is 3. The van der Waals surface area contributed by atoms with E-state index in [9.17, 15) is 14.7 Å². The molecule has 1 aromatic carbocycles. The average Bonchev–Trinajstić information content (AvgIpc) is 2.85. The summed E-state index contributed by atoms with van der Waals surface area (Å²) < 4.78 is 5.63. The van der Waals surface area contributed by atoms with Crippen molar-refractivity contribution in [3.63, 3.8) is 0 Å². The predicted molar refractivity (Wildman–Crippen MR) is 68.5 cm³/mol. The topological polar surface area (TPSA) is 66.8 Å². The van der Waals surface area contributed by atoms with Gasteiger partial charge < -0.3 is 14.7 Å². The smallest absolute Gasteiger partial charge is 0.308 e. The molecule has 1 atom stereocenters. The lowest BCUT2D eigenvalue weighted by atomic mass is 9.91. The Morgan fingerprint density at radius 1 is 1.37 bits per heavy atom. The molecule has 0 bridgehead atoms. The highest BCUT2D eigenvalue weighted by molar-refractivity contribution is 5.96. The molecule has 5 heteroatoms. The Balaban J connectivity index is 2.12. The largest absolute Gasteiger partial charge is 0.491 e. The monoisotopic (exact) mass is 261 g/mol. The minimum absolute atomic E-state index is 0.143.